The molecule has 1 N–H and O–H groups in total. The number of nitrogens with zero attached hydrogens (tertiary/aromatic N) is 1. The lowest BCUT2D eigenvalue weighted by Gasteiger charge is -2.23. The highest BCUT2D eigenvalue weighted by molar-refractivity contribution is 5.84. The van der Waals surface area contributed by atoms with Gasteiger partial charge in [-0.3, -0.25) is 10.1 Å². The Morgan fingerprint density at radius 1 is 1.24 bits per heavy atom. The predicted molar refractivity (Wildman–Crippen MR) is 71.6 cm³/mol. The van der Waals surface area contributed by atoms with Crippen molar-refractivity contribution >= 4 is 5.91 Å². The minimum Gasteiger partial charge on any atom is -0.326 e. The van der Waals surface area contributed by atoms with Crippen molar-refractivity contribution in [2.24, 2.45) is 11.8 Å². The molecule has 2 atom stereocenters. The summed E-state index contributed by atoms with van der Waals surface area (Å²) in [6, 6.07) is 0.0483. The zero-order valence-electron chi connectivity index (χ0n) is 12.0. The number of nitrogens with one attached hydrogen (secondary N) is 1. The Kier molecular flexibility index (Phi) is 5.44. The highest BCUT2D eigenvalue weighted by Gasteiger charge is 2.37. The summed E-state index contributed by atoms with van der Waals surface area (Å²) in [6.07, 6.45) is 3.30. The molecule has 0 bridgehead atoms. The van der Waals surface area contributed by atoms with E-state index in [4.69, 9.17) is 0 Å². The molecule has 2 unspecified atom stereocenters. The number of carbonyl (C=O) groups excluding carboxylic acids is 1. The molecule has 1 aliphatic heterocycles. The van der Waals surface area contributed by atoms with Crippen molar-refractivity contribution in [2.75, 3.05) is 6.54 Å². The molecule has 3 nitrogen and oxygen atoms in total. The molecule has 0 aliphatic carbocycles. The van der Waals surface area contributed by atoms with Crippen molar-refractivity contribution in [1.82, 2.24) is 10.2 Å². The summed E-state index contributed by atoms with van der Waals surface area (Å²) < 4.78 is 0. The molecule has 0 aromatic rings. The highest BCUT2D eigenvalue weighted by Crippen LogP contribution is 2.19. The van der Waals surface area contributed by atoms with Gasteiger partial charge in [-0.2, -0.15) is 0 Å². The van der Waals surface area contributed by atoms with E-state index in [1.54, 1.807) is 0 Å². The summed E-state index contributed by atoms with van der Waals surface area (Å²) in [4.78, 5) is 14.3. The second kappa shape index (κ2) is 6.39. The van der Waals surface area contributed by atoms with Gasteiger partial charge >= 0.3 is 0 Å². The van der Waals surface area contributed by atoms with E-state index in [0.717, 1.165) is 25.8 Å². The van der Waals surface area contributed by atoms with Gasteiger partial charge in [0.15, 0.2) is 0 Å². The third kappa shape index (κ3) is 3.98. The van der Waals surface area contributed by atoms with Crippen LogP contribution < -0.4 is 5.32 Å². The SMILES string of the molecule is CCC1NC(CC(C)C)C(=O)N1CCC(C)C. The first-order chi connectivity index (χ1) is 7.95. The molecule has 1 aliphatic rings. The Morgan fingerprint density at radius 3 is 2.35 bits per heavy atom. The van der Waals surface area contributed by atoms with Gasteiger partial charge in [-0.05, 0) is 31.1 Å². The monoisotopic (exact) mass is 240 g/mol. The summed E-state index contributed by atoms with van der Waals surface area (Å²) in [5.41, 5.74) is 0. The molecule has 3 heteroatoms. The average molecular weight is 240 g/mol. The lowest BCUT2D eigenvalue weighted by atomic mass is 10.0. The van der Waals surface area contributed by atoms with Crippen LogP contribution in [0.4, 0.5) is 0 Å². The second-order valence-corrected chi connectivity index (χ2v) is 5.99. The number of carbonyl (C=O) groups is 1. The summed E-state index contributed by atoms with van der Waals surface area (Å²) in [5.74, 6) is 1.54. The first kappa shape index (κ1) is 14.5. The van der Waals surface area contributed by atoms with Crippen molar-refractivity contribution in [3.8, 4) is 0 Å². The minimum absolute atomic E-state index is 0.0483. The van der Waals surface area contributed by atoms with Crippen LogP contribution in [0.2, 0.25) is 0 Å². The molecular formula is C14H28N2O. The van der Waals surface area contributed by atoms with Gasteiger partial charge < -0.3 is 4.90 Å². The maximum Gasteiger partial charge on any atom is 0.241 e. The smallest absolute Gasteiger partial charge is 0.241 e. The maximum atomic E-state index is 12.3. The maximum absolute atomic E-state index is 12.3. The first-order valence-electron chi connectivity index (χ1n) is 7.02. The number of hydrogen-bond donors (Lipinski definition) is 1. The third-order valence-corrected chi connectivity index (χ3v) is 3.39. The van der Waals surface area contributed by atoms with E-state index < -0.39 is 0 Å². The van der Waals surface area contributed by atoms with Gasteiger partial charge in [-0.25, -0.2) is 0 Å². The van der Waals surface area contributed by atoms with E-state index in [1.807, 2.05) is 4.90 Å². The molecular weight excluding hydrogens is 212 g/mol. The normalized spacial score (nSPS) is 25.4. The van der Waals surface area contributed by atoms with Gasteiger partial charge in [-0.1, -0.05) is 34.6 Å². The van der Waals surface area contributed by atoms with Crippen LogP contribution in [0.3, 0.4) is 0 Å². The van der Waals surface area contributed by atoms with Crippen LogP contribution >= 0.6 is 0 Å². The summed E-state index contributed by atoms with van der Waals surface area (Å²) >= 11 is 0. The van der Waals surface area contributed by atoms with E-state index in [2.05, 4.69) is 39.9 Å². The standard InChI is InChI=1S/C14H28N2O/c1-6-13-15-12(9-11(4)5)14(17)16(13)8-7-10(2)3/h10-13,15H,6-9H2,1-5H3. The van der Waals surface area contributed by atoms with Gasteiger partial charge in [-0.15, -0.1) is 0 Å². The van der Waals surface area contributed by atoms with Crippen molar-refractivity contribution in [3.05, 3.63) is 0 Å². The quantitative estimate of drug-likeness (QED) is 0.774. The fourth-order valence-electron chi connectivity index (χ4n) is 2.39. The van der Waals surface area contributed by atoms with E-state index >= 15 is 0 Å². The average Bonchev–Trinajstić information content (AvgIpc) is 2.52. The molecule has 0 spiro atoms. The Morgan fingerprint density at radius 2 is 1.88 bits per heavy atom. The predicted octanol–water partition coefficient (Wildman–Crippen LogP) is 2.62. The van der Waals surface area contributed by atoms with Crippen LogP contribution in [-0.4, -0.2) is 29.6 Å². The number of rotatable bonds is 6. The Labute approximate surface area is 106 Å². The van der Waals surface area contributed by atoms with E-state index in [1.165, 1.54) is 0 Å². The van der Waals surface area contributed by atoms with Crippen LogP contribution in [0.15, 0.2) is 0 Å². The summed E-state index contributed by atoms with van der Waals surface area (Å²) in [7, 11) is 0. The molecule has 17 heavy (non-hydrogen) atoms. The fraction of sp³-hybridized carbons (Fsp3) is 0.929. The second-order valence-electron chi connectivity index (χ2n) is 5.99. The van der Waals surface area contributed by atoms with Crippen molar-refractivity contribution in [1.29, 1.82) is 0 Å². The molecule has 0 aromatic heterocycles. The van der Waals surface area contributed by atoms with E-state index in [0.29, 0.717) is 17.7 Å². The van der Waals surface area contributed by atoms with E-state index in [-0.39, 0.29) is 12.2 Å². The Bertz CT molecular complexity index is 251. The lowest BCUT2D eigenvalue weighted by Crippen LogP contribution is -2.37. The molecule has 1 amide bonds. The fourth-order valence-corrected chi connectivity index (χ4v) is 2.39. The molecule has 0 aromatic carbocycles. The number of amides is 1. The van der Waals surface area contributed by atoms with Crippen LogP contribution in [0, 0.1) is 11.8 Å². The largest absolute Gasteiger partial charge is 0.326 e. The van der Waals surface area contributed by atoms with Crippen LogP contribution in [0.5, 0.6) is 0 Å². The van der Waals surface area contributed by atoms with Crippen molar-refractivity contribution < 1.29 is 4.79 Å². The highest BCUT2D eigenvalue weighted by atomic mass is 16.2. The molecule has 100 valence electrons. The topological polar surface area (TPSA) is 32.3 Å². The van der Waals surface area contributed by atoms with Gasteiger partial charge in [0, 0.05) is 6.54 Å². The van der Waals surface area contributed by atoms with Crippen LogP contribution in [0.25, 0.3) is 0 Å². The summed E-state index contributed by atoms with van der Waals surface area (Å²) in [5, 5.41) is 3.47. The molecule has 0 radical (unpaired) electrons. The van der Waals surface area contributed by atoms with Gasteiger partial charge in [0.2, 0.25) is 5.91 Å². The Balaban J connectivity index is 2.58. The van der Waals surface area contributed by atoms with Crippen LogP contribution in [-0.2, 0) is 4.79 Å². The lowest BCUT2D eigenvalue weighted by molar-refractivity contribution is -0.130. The third-order valence-electron chi connectivity index (χ3n) is 3.39. The van der Waals surface area contributed by atoms with Crippen molar-refractivity contribution in [2.45, 2.75) is 66.1 Å². The minimum atomic E-state index is 0.0483. The molecule has 1 saturated heterocycles. The molecule has 1 fully saturated rings. The number of hydrogen-bond acceptors (Lipinski definition) is 2. The van der Waals surface area contributed by atoms with Gasteiger partial charge in [0.05, 0.1) is 12.2 Å². The van der Waals surface area contributed by atoms with Crippen LogP contribution in [0.1, 0.15) is 53.9 Å². The molecule has 1 heterocycles. The van der Waals surface area contributed by atoms with Gasteiger partial charge in [0.25, 0.3) is 0 Å². The van der Waals surface area contributed by atoms with Crippen molar-refractivity contribution in [3.63, 3.8) is 0 Å². The zero-order valence-corrected chi connectivity index (χ0v) is 12.0. The first-order valence-corrected chi connectivity index (χ1v) is 7.02. The summed E-state index contributed by atoms with van der Waals surface area (Å²) in [6.45, 7) is 11.8. The van der Waals surface area contributed by atoms with Gasteiger partial charge in [0.1, 0.15) is 0 Å². The zero-order chi connectivity index (χ0) is 13.0. The Hall–Kier alpha value is -0.570. The molecule has 0 saturated carbocycles. The molecule has 1 rings (SSSR count). The van der Waals surface area contributed by atoms with E-state index in [9.17, 15) is 4.79 Å².